The zero-order valence-corrected chi connectivity index (χ0v) is 15.9. The van der Waals surface area contributed by atoms with Crippen molar-refractivity contribution in [1.29, 1.82) is 0 Å². The van der Waals surface area contributed by atoms with Gasteiger partial charge in [0.2, 0.25) is 0 Å². The van der Waals surface area contributed by atoms with Gasteiger partial charge in [-0.2, -0.15) is 0 Å². The largest absolute Gasteiger partial charge is 0.493 e. The zero-order valence-electron chi connectivity index (χ0n) is 15.9. The zero-order chi connectivity index (χ0) is 18.0. The van der Waals surface area contributed by atoms with Crippen molar-refractivity contribution in [3.63, 3.8) is 0 Å². The fraction of sp³-hybridized carbons (Fsp3) is 0.500. The van der Waals surface area contributed by atoms with Crippen molar-refractivity contribution in [2.75, 3.05) is 6.61 Å². The lowest BCUT2D eigenvalue weighted by Gasteiger charge is -2.24. The molecule has 1 aromatic carbocycles. The van der Waals surface area contributed by atoms with Gasteiger partial charge in [-0.15, -0.1) is 0 Å². The van der Waals surface area contributed by atoms with Gasteiger partial charge in [-0.1, -0.05) is 13.0 Å². The van der Waals surface area contributed by atoms with E-state index in [0.29, 0.717) is 18.4 Å². The minimum atomic E-state index is -0.148. The molecule has 2 N–H and O–H groups in total. The molecule has 25 heavy (non-hydrogen) atoms. The molecule has 0 bridgehead atoms. The first kappa shape index (κ1) is 17.9. The highest BCUT2D eigenvalue weighted by Crippen LogP contribution is 2.45. The topological polar surface area (TPSA) is 48.1 Å². The lowest BCUT2D eigenvalue weighted by molar-refractivity contribution is 0.227. The summed E-state index contributed by atoms with van der Waals surface area (Å²) in [7, 11) is 0. The Bertz CT molecular complexity index is 729. The number of benzene rings is 1. The molecule has 1 aliphatic rings. The summed E-state index contributed by atoms with van der Waals surface area (Å²) < 4.78 is 6.19. The molecule has 0 spiro atoms. The van der Waals surface area contributed by atoms with Gasteiger partial charge in [0, 0.05) is 17.4 Å². The monoisotopic (exact) mass is 338 g/mol. The Morgan fingerprint density at radius 2 is 1.92 bits per heavy atom. The van der Waals surface area contributed by atoms with E-state index in [1.807, 2.05) is 13.1 Å². The van der Waals surface area contributed by atoms with Crippen molar-refractivity contribution in [1.82, 2.24) is 4.98 Å². The molecule has 1 fully saturated rings. The molecule has 1 atom stereocenters. The summed E-state index contributed by atoms with van der Waals surface area (Å²) in [5.41, 5.74) is 10.8. The van der Waals surface area contributed by atoms with E-state index < -0.39 is 0 Å². The van der Waals surface area contributed by atoms with E-state index in [4.69, 9.17) is 10.5 Å². The van der Waals surface area contributed by atoms with E-state index >= 15 is 0 Å². The highest BCUT2D eigenvalue weighted by atomic mass is 16.5. The number of hydrogen-bond donors (Lipinski definition) is 1. The van der Waals surface area contributed by atoms with Gasteiger partial charge in [0.15, 0.2) is 0 Å². The molecule has 2 aromatic rings. The summed E-state index contributed by atoms with van der Waals surface area (Å²) in [5.74, 6) is 2.13. The third-order valence-electron chi connectivity index (χ3n) is 4.65. The van der Waals surface area contributed by atoms with Crippen molar-refractivity contribution < 1.29 is 4.74 Å². The number of pyridine rings is 1. The normalized spacial score (nSPS) is 15.9. The number of rotatable bonds is 7. The van der Waals surface area contributed by atoms with Gasteiger partial charge in [-0.05, 0) is 92.8 Å². The maximum Gasteiger partial charge on any atom is 0.122 e. The number of ether oxygens (including phenoxy) is 1. The average molecular weight is 338 g/mol. The van der Waals surface area contributed by atoms with Crippen LogP contribution >= 0.6 is 0 Å². The van der Waals surface area contributed by atoms with Crippen molar-refractivity contribution in [3.8, 4) is 16.9 Å². The first-order valence-electron chi connectivity index (χ1n) is 9.30. The molecule has 3 rings (SSSR count). The minimum Gasteiger partial charge on any atom is -0.493 e. The van der Waals surface area contributed by atoms with Gasteiger partial charge >= 0.3 is 0 Å². The van der Waals surface area contributed by atoms with Crippen LogP contribution in [-0.4, -0.2) is 17.1 Å². The molecular formula is C22H30N2O. The van der Waals surface area contributed by atoms with Crippen LogP contribution in [0.5, 0.6) is 5.75 Å². The first-order chi connectivity index (χ1) is 11.8. The number of nitrogens with two attached hydrogens (primary N) is 1. The molecule has 134 valence electrons. The SMILES string of the molecule is Cc1cc(-c2ccc(OC[C@@H](C)CC(C)(C)N)c(C3CC3)c2)ccn1. The van der Waals surface area contributed by atoms with Crippen LogP contribution in [0.1, 0.15) is 57.2 Å². The molecule has 0 amide bonds. The van der Waals surface area contributed by atoms with Gasteiger partial charge < -0.3 is 10.5 Å². The summed E-state index contributed by atoms with van der Waals surface area (Å²) in [6.45, 7) is 9.10. The number of hydrogen-bond acceptors (Lipinski definition) is 3. The molecule has 1 saturated carbocycles. The van der Waals surface area contributed by atoms with Gasteiger partial charge in [-0.3, -0.25) is 4.98 Å². The van der Waals surface area contributed by atoms with E-state index in [-0.39, 0.29) is 5.54 Å². The van der Waals surface area contributed by atoms with Crippen LogP contribution in [0.2, 0.25) is 0 Å². The van der Waals surface area contributed by atoms with Crippen LogP contribution < -0.4 is 10.5 Å². The molecule has 3 nitrogen and oxygen atoms in total. The number of aromatic nitrogens is 1. The van der Waals surface area contributed by atoms with Crippen LogP contribution in [0.3, 0.4) is 0 Å². The van der Waals surface area contributed by atoms with E-state index in [9.17, 15) is 0 Å². The molecule has 1 heterocycles. The summed E-state index contributed by atoms with van der Waals surface area (Å²) in [4.78, 5) is 4.30. The Balaban J connectivity index is 1.76. The molecule has 0 aliphatic heterocycles. The second kappa shape index (κ2) is 7.17. The van der Waals surface area contributed by atoms with Crippen LogP contribution in [0.25, 0.3) is 11.1 Å². The second-order valence-electron chi connectivity index (χ2n) is 8.32. The predicted octanol–water partition coefficient (Wildman–Crippen LogP) is 5.08. The van der Waals surface area contributed by atoms with Crippen LogP contribution in [0, 0.1) is 12.8 Å². The molecule has 1 aromatic heterocycles. The lowest BCUT2D eigenvalue weighted by atomic mass is 9.93. The molecule has 0 unspecified atom stereocenters. The van der Waals surface area contributed by atoms with Crippen molar-refractivity contribution in [2.45, 2.75) is 58.4 Å². The van der Waals surface area contributed by atoms with Gasteiger partial charge in [0.05, 0.1) is 6.61 Å². The summed E-state index contributed by atoms with van der Waals surface area (Å²) in [6.07, 6.45) is 5.36. The molecule has 1 aliphatic carbocycles. The maximum atomic E-state index is 6.19. The fourth-order valence-electron chi connectivity index (χ4n) is 3.49. The van der Waals surface area contributed by atoms with Crippen LogP contribution in [0.4, 0.5) is 0 Å². The lowest BCUT2D eigenvalue weighted by Crippen LogP contribution is -2.35. The van der Waals surface area contributed by atoms with E-state index in [1.54, 1.807) is 0 Å². The number of aryl methyl sites for hydroxylation is 1. The van der Waals surface area contributed by atoms with Crippen molar-refractivity contribution in [2.24, 2.45) is 11.7 Å². The quantitative estimate of drug-likeness (QED) is 0.766. The minimum absolute atomic E-state index is 0.148. The maximum absolute atomic E-state index is 6.19. The molecular weight excluding hydrogens is 308 g/mol. The second-order valence-corrected chi connectivity index (χ2v) is 8.32. The smallest absolute Gasteiger partial charge is 0.122 e. The Morgan fingerprint density at radius 3 is 2.56 bits per heavy atom. The molecule has 0 saturated heterocycles. The summed E-state index contributed by atoms with van der Waals surface area (Å²) in [5, 5.41) is 0. The van der Waals surface area contributed by atoms with Crippen molar-refractivity contribution in [3.05, 3.63) is 47.8 Å². The number of nitrogens with zero attached hydrogens (tertiary/aromatic N) is 1. The molecule has 0 radical (unpaired) electrons. The van der Waals surface area contributed by atoms with E-state index in [1.165, 1.54) is 29.5 Å². The third-order valence-corrected chi connectivity index (χ3v) is 4.65. The fourth-order valence-corrected chi connectivity index (χ4v) is 3.49. The Hall–Kier alpha value is -1.87. The third kappa shape index (κ3) is 5.05. The Labute approximate surface area is 151 Å². The average Bonchev–Trinajstić information content (AvgIpc) is 3.36. The summed E-state index contributed by atoms with van der Waals surface area (Å²) >= 11 is 0. The highest BCUT2D eigenvalue weighted by Gasteiger charge is 2.27. The van der Waals surface area contributed by atoms with Crippen LogP contribution in [0.15, 0.2) is 36.5 Å². The van der Waals surface area contributed by atoms with Crippen LogP contribution in [-0.2, 0) is 0 Å². The Morgan fingerprint density at radius 1 is 1.20 bits per heavy atom. The Kier molecular flexibility index (Phi) is 5.14. The standard InChI is InChI=1S/C22H30N2O/c1-15(13-22(3,4)23)14-25-21-8-7-18(12-20(21)17-5-6-17)19-9-10-24-16(2)11-19/h7-12,15,17H,5-6,13-14,23H2,1-4H3/t15-/m0/s1. The first-order valence-corrected chi connectivity index (χ1v) is 9.30. The van der Waals surface area contributed by atoms with Gasteiger partial charge in [0.1, 0.15) is 5.75 Å². The molecule has 3 heteroatoms. The predicted molar refractivity (Wildman–Crippen MR) is 104 cm³/mol. The van der Waals surface area contributed by atoms with E-state index in [0.717, 1.165) is 17.9 Å². The van der Waals surface area contributed by atoms with E-state index in [2.05, 4.69) is 56.1 Å². The summed E-state index contributed by atoms with van der Waals surface area (Å²) in [6, 6.07) is 10.8. The van der Waals surface area contributed by atoms with Gasteiger partial charge in [-0.25, -0.2) is 0 Å². The van der Waals surface area contributed by atoms with Crippen molar-refractivity contribution >= 4 is 0 Å². The highest BCUT2D eigenvalue weighted by molar-refractivity contribution is 5.66. The van der Waals surface area contributed by atoms with Gasteiger partial charge in [0.25, 0.3) is 0 Å².